The highest BCUT2D eigenvalue weighted by atomic mass is 19.1. The topological polar surface area (TPSA) is 55.6 Å². The standard InChI is InChI=1S/C12H16F2N2O2/c1-3-16(4-5-18-2)12(17)8-6-9(13)11(15)10(14)7-8/h6-7H,3-5,15H2,1-2H3. The lowest BCUT2D eigenvalue weighted by molar-refractivity contribution is 0.0705. The molecule has 4 nitrogen and oxygen atoms in total. The smallest absolute Gasteiger partial charge is 0.254 e. The Bertz CT molecular complexity index is 415. The van der Waals surface area contributed by atoms with E-state index in [0.717, 1.165) is 12.1 Å². The summed E-state index contributed by atoms with van der Waals surface area (Å²) in [6, 6.07) is 1.88. The van der Waals surface area contributed by atoms with Crippen molar-refractivity contribution in [3.8, 4) is 0 Å². The Labute approximate surface area is 104 Å². The molecule has 1 aromatic rings. The largest absolute Gasteiger partial charge is 0.394 e. The van der Waals surface area contributed by atoms with Crippen LogP contribution in [0, 0.1) is 11.6 Å². The van der Waals surface area contributed by atoms with Gasteiger partial charge in [-0.05, 0) is 19.1 Å². The Balaban J connectivity index is 2.95. The summed E-state index contributed by atoms with van der Waals surface area (Å²) in [5.41, 5.74) is 4.51. The van der Waals surface area contributed by atoms with Crippen molar-refractivity contribution >= 4 is 11.6 Å². The van der Waals surface area contributed by atoms with Crippen molar-refractivity contribution in [1.82, 2.24) is 4.90 Å². The Kier molecular flexibility index (Phi) is 5.03. The van der Waals surface area contributed by atoms with Crippen LogP contribution in [0.5, 0.6) is 0 Å². The third kappa shape index (κ3) is 3.16. The van der Waals surface area contributed by atoms with E-state index in [2.05, 4.69) is 0 Å². The van der Waals surface area contributed by atoms with Gasteiger partial charge in [-0.3, -0.25) is 4.79 Å². The molecular weight excluding hydrogens is 242 g/mol. The highest BCUT2D eigenvalue weighted by molar-refractivity contribution is 5.94. The third-order valence-electron chi connectivity index (χ3n) is 2.56. The van der Waals surface area contributed by atoms with Gasteiger partial charge in [0.1, 0.15) is 17.3 Å². The first kappa shape index (κ1) is 14.4. The number of anilines is 1. The molecular formula is C12H16F2N2O2. The number of methoxy groups -OCH3 is 1. The van der Waals surface area contributed by atoms with Crippen LogP contribution in [-0.2, 0) is 4.74 Å². The number of rotatable bonds is 5. The molecule has 1 aromatic carbocycles. The van der Waals surface area contributed by atoms with Gasteiger partial charge in [-0.25, -0.2) is 8.78 Å². The molecule has 0 aliphatic heterocycles. The van der Waals surface area contributed by atoms with Gasteiger partial charge >= 0.3 is 0 Å². The first-order valence-corrected chi connectivity index (χ1v) is 5.54. The van der Waals surface area contributed by atoms with Gasteiger partial charge in [0, 0.05) is 25.8 Å². The van der Waals surface area contributed by atoms with E-state index in [0.29, 0.717) is 19.7 Å². The average molecular weight is 258 g/mol. The number of hydrogen-bond donors (Lipinski definition) is 1. The second-order valence-corrected chi connectivity index (χ2v) is 3.73. The van der Waals surface area contributed by atoms with Gasteiger partial charge < -0.3 is 15.4 Å². The molecule has 0 radical (unpaired) electrons. The summed E-state index contributed by atoms with van der Waals surface area (Å²) in [5.74, 6) is -2.31. The van der Waals surface area contributed by atoms with E-state index in [4.69, 9.17) is 10.5 Å². The van der Waals surface area contributed by atoms with E-state index in [-0.39, 0.29) is 5.56 Å². The fourth-order valence-corrected chi connectivity index (χ4v) is 1.50. The van der Waals surface area contributed by atoms with Gasteiger partial charge in [0.2, 0.25) is 0 Å². The molecule has 0 aliphatic carbocycles. The third-order valence-corrected chi connectivity index (χ3v) is 2.56. The molecule has 0 fully saturated rings. The van der Waals surface area contributed by atoms with Gasteiger partial charge in [-0.2, -0.15) is 0 Å². The zero-order valence-corrected chi connectivity index (χ0v) is 10.4. The number of hydrogen-bond acceptors (Lipinski definition) is 3. The van der Waals surface area contributed by atoms with E-state index in [1.165, 1.54) is 12.0 Å². The predicted octanol–water partition coefficient (Wildman–Crippen LogP) is 1.66. The number of ether oxygens (including phenoxy) is 1. The molecule has 0 aliphatic rings. The van der Waals surface area contributed by atoms with E-state index < -0.39 is 23.2 Å². The van der Waals surface area contributed by atoms with Gasteiger partial charge in [0.25, 0.3) is 5.91 Å². The van der Waals surface area contributed by atoms with E-state index in [1.807, 2.05) is 0 Å². The number of carbonyl (C=O) groups is 1. The summed E-state index contributed by atoms with van der Waals surface area (Å²) in [4.78, 5) is 13.4. The van der Waals surface area contributed by atoms with Gasteiger partial charge in [-0.15, -0.1) is 0 Å². The lowest BCUT2D eigenvalue weighted by atomic mass is 10.1. The van der Waals surface area contributed by atoms with Crippen LogP contribution in [0.1, 0.15) is 17.3 Å². The van der Waals surface area contributed by atoms with Crippen LogP contribution in [0.2, 0.25) is 0 Å². The van der Waals surface area contributed by atoms with Crippen molar-refractivity contribution in [1.29, 1.82) is 0 Å². The molecule has 0 unspecified atom stereocenters. The van der Waals surface area contributed by atoms with Gasteiger partial charge in [0.05, 0.1) is 6.61 Å². The summed E-state index contributed by atoms with van der Waals surface area (Å²) in [5, 5.41) is 0. The molecule has 2 N–H and O–H groups in total. The van der Waals surface area contributed by atoms with Crippen LogP contribution in [0.15, 0.2) is 12.1 Å². The van der Waals surface area contributed by atoms with Crippen molar-refractivity contribution in [2.75, 3.05) is 32.5 Å². The summed E-state index contributed by atoms with van der Waals surface area (Å²) in [6.45, 7) is 2.92. The molecule has 0 atom stereocenters. The molecule has 0 bridgehead atoms. The Morgan fingerprint density at radius 1 is 1.39 bits per heavy atom. The minimum Gasteiger partial charge on any atom is -0.394 e. The number of likely N-dealkylation sites (N-methyl/N-ethyl adjacent to an activating group) is 1. The molecule has 6 heteroatoms. The average Bonchev–Trinajstić information content (AvgIpc) is 2.36. The maximum absolute atomic E-state index is 13.3. The first-order valence-electron chi connectivity index (χ1n) is 5.54. The summed E-state index contributed by atoms with van der Waals surface area (Å²) in [6.07, 6.45) is 0. The fraction of sp³-hybridized carbons (Fsp3) is 0.417. The summed E-state index contributed by atoms with van der Waals surface area (Å²) in [7, 11) is 1.51. The van der Waals surface area contributed by atoms with Crippen LogP contribution in [0.3, 0.4) is 0 Å². The molecule has 0 heterocycles. The van der Waals surface area contributed by atoms with Crippen LogP contribution in [-0.4, -0.2) is 37.6 Å². The molecule has 0 spiro atoms. The summed E-state index contributed by atoms with van der Waals surface area (Å²) >= 11 is 0. The fourth-order valence-electron chi connectivity index (χ4n) is 1.50. The van der Waals surface area contributed by atoms with Crippen molar-refractivity contribution in [3.63, 3.8) is 0 Å². The van der Waals surface area contributed by atoms with Crippen LogP contribution in [0.4, 0.5) is 14.5 Å². The Hall–Kier alpha value is -1.69. The zero-order chi connectivity index (χ0) is 13.7. The number of nitrogens with two attached hydrogens (primary N) is 1. The normalized spacial score (nSPS) is 10.4. The summed E-state index contributed by atoms with van der Waals surface area (Å²) < 4.78 is 31.4. The highest BCUT2D eigenvalue weighted by Gasteiger charge is 2.17. The lowest BCUT2D eigenvalue weighted by Crippen LogP contribution is -2.33. The second-order valence-electron chi connectivity index (χ2n) is 3.73. The molecule has 100 valence electrons. The van der Waals surface area contributed by atoms with Crippen LogP contribution < -0.4 is 5.73 Å². The van der Waals surface area contributed by atoms with Crippen molar-refractivity contribution < 1.29 is 18.3 Å². The maximum atomic E-state index is 13.3. The lowest BCUT2D eigenvalue weighted by Gasteiger charge is -2.20. The Morgan fingerprint density at radius 3 is 2.39 bits per heavy atom. The molecule has 18 heavy (non-hydrogen) atoms. The number of nitrogens with zero attached hydrogens (tertiary/aromatic N) is 1. The van der Waals surface area contributed by atoms with E-state index >= 15 is 0 Å². The number of benzene rings is 1. The first-order chi connectivity index (χ1) is 8.51. The predicted molar refractivity (Wildman–Crippen MR) is 64.2 cm³/mol. The van der Waals surface area contributed by atoms with E-state index in [1.54, 1.807) is 6.92 Å². The number of carbonyl (C=O) groups excluding carboxylic acids is 1. The molecule has 0 saturated carbocycles. The minimum absolute atomic E-state index is 0.0582. The SMILES string of the molecule is CCN(CCOC)C(=O)c1cc(F)c(N)c(F)c1. The second kappa shape index (κ2) is 6.30. The number of halogens is 2. The van der Waals surface area contributed by atoms with Crippen LogP contribution >= 0.6 is 0 Å². The molecule has 0 saturated heterocycles. The minimum atomic E-state index is -0.929. The van der Waals surface area contributed by atoms with Crippen LogP contribution in [0.25, 0.3) is 0 Å². The zero-order valence-electron chi connectivity index (χ0n) is 10.4. The Morgan fingerprint density at radius 2 is 1.94 bits per heavy atom. The van der Waals surface area contributed by atoms with Crippen molar-refractivity contribution in [2.24, 2.45) is 0 Å². The van der Waals surface area contributed by atoms with E-state index in [9.17, 15) is 13.6 Å². The molecule has 1 rings (SSSR count). The van der Waals surface area contributed by atoms with Crippen molar-refractivity contribution in [2.45, 2.75) is 6.92 Å². The monoisotopic (exact) mass is 258 g/mol. The highest BCUT2D eigenvalue weighted by Crippen LogP contribution is 2.18. The van der Waals surface area contributed by atoms with Gasteiger partial charge in [-0.1, -0.05) is 0 Å². The van der Waals surface area contributed by atoms with Gasteiger partial charge in [0.15, 0.2) is 0 Å². The quantitative estimate of drug-likeness (QED) is 0.817. The number of amides is 1. The maximum Gasteiger partial charge on any atom is 0.254 e. The number of nitrogen functional groups attached to an aromatic ring is 1. The van der Waals surface area contributed by atoms with Crippen molar-refractivity contribution in [3.05, 3.63) is 29.3 Å². The molecule has 1 amide bonds. The molecule has 0 aromatic heterocycles.